The molecule has 3 rings (SSSR count). The average Bonchev–Trinajstić information content (AvgIpc) is 3.16. The molecule has 1 aliphatic heterocycles. The number of Topliss-reactive ketones (excluding diaryl/α,β-unsaturated/α-hetero) is 1. The molecule has 0 spiro atoms. The minimum Gasteiger partial charge on any atom is -0.507 e. The van der Waals surface area contributed by atoms with E-state index in [0.717, 1.165) is 19.6 Å². The van der Waals surface area contributed by atoms with Crippen LogP contribution in [-0.2, 0) is 9.59 Å². The van der Waals surface area contributed by atoms with Gasteiger partial charge in [0.2, 0.25) is 0 Å². The van der Waals surface area contributed by atoms with Crippen LogP contribution >= 0.6 is 11.6 Å². The number of halogens is 1. The molecule has 0 bridgehead atoms. The molecule has 37 heavy (non-hydrogen) atoms. The maximum atomic E-state index is 13.3. The van der Waals surface area contributed by atoms with Crippen molar-refractivity contribution in [3.05, 3.63) is 58.1 Å². The second-order valence-corrected chi connectivity index (χ2v) is 8.97. The number of nitrogens with zero attached hydrogens (tertiary/aromatic N) is 2. The van der Waals surface area contributed by atoms with Gasteiger partial charge in [0, 0.05) is 12.1 Å². The molecule has 1 fully saturated rings. The van der Waals surface area contributed by atoms with Crippen molar-refractivity contribution in [3.8, 4) is 17.2 Å². The lowest BCUT2D eigenvalue weighted by molar-refractivity contribution is -0.140. The van der Waals surface area contributed by atoms with E-state index in [-0.39, 0.29) is 11.3 Å². The summed E-state index contributed by atoms with van der Waals surface area (Å²) in [5.74, 6) is -0.257. The number of amides is 1. The zero-order valence-electron chi connectivity index (χ0n) is 22.0. The number of carbonyl (C=O) groups excluding carboxylic acids is 2. The SMILES string of the molecule is CCOc1ccc(/C(O)=C2\C(=O)C(=O)N(CCCN(CC)CC)[C@@H]2c2ccc(OC)c(OC)c2)cc1Cl. The van der Waals surface area contributed by atoms with Crippen molar-refractivity contribution in [1.29, 1.82) is 0 Å². The van der Waals surface area contributed by atoms with Gasteiger partial charge in [-0.25, -0.2) is 0 Å². The van der Waals surface area contributed by atoms with Gasteiger partial charge in [0.1, 0.15) is 11.5 Å². The Morgan fingerprint density at radius 3 is 2.27 bits per heavy atom. The van der Waals surface area contributed by atoms with E-state index in [0.29, 0.717) is 53.0 Å². The van der Waals surface area contributed by atoms with Crippen LogP contribution in [0.15, 0.2) is 42.0 Å². The van der Waals surface area contributed by atoms with E-state index in [9.17, 15) is 14.7 Å². The molecule has 200 valence electrons. The summed E-state index contributed by atoms with van der Waals surface area (Å²) in [6.45, 7) is 9.37. The van der Waals surface area contributed by atoms with Gasteiger partial charge in [-0.1, -0.05) is 31.5 Å². The fourth-order valence-electron chi connectivity index (χ4n) is 4.56. The van der Waals surface area contributed by atoms with E-state index in [4.69, 9.17) is 25.8 Å². The van der Waals surface area contributed by atoms with Gasteiger partial charge in [0.05, 0.1) is 37.5 Å². The van der Waals surface area contributed by atoms with Gasteiger partial charge < -0.3 is 29.1 Å². The quantitative estimate of drug-likeness (QED) is 0.237. The van der Waals surface area contributed by atoms with Crippen LogP contribution in [0.4, 0.5) is 0 Å². The maximum absolute atomic E-state index is 13.3. The van der Waals surface area contributed by atoms with Crippen LogP contribution in [0.1, 0.15) is 44.4 Å². The number of aliphatic hydroxyl groups excluding tert-OH is 1. The van der Waals surface area contributed by atoms with Gasteiger partial charge >= 0.3 is 0 Å². The maximum Gasteiger partial charge on any atom is 0.295 e. The predicted octanol–water partition coefficient (Wildman–Crippen LogP) is 4.91. The fraction of sp³-hybridized carbons (Fsp3) is 0.429. The summed E-state index contributed by atoms with van der Waals surface area (Å²) >= 11 is 6.35. The Morgan fingerprint density at radius 2 is 1.68 bits per heavy atom. The van der Waals surface area contributed by atoms with Crippen molar-refractivity contribution in [2.24, 2.45) is 0 Å². The summed E-state index contributed by atoms with van der Waals surface area (Å²) in [6.07, 6.45) is 0.674. The number of carbonyl (C=O) groups is 2. The number of benzene rings is 2. The van der Waals surface area contributed by atoms with Gasteiger partial charge in [-0.3, -0.25) is 9.59 Å². The van der Waals surface area contributed by atoms with E-state index in [1.165, 1.54) is 25.2 Å². The molecule has 9 heteroatoms. The first kappa shape index (κ1) is 28.3. The van der Waals surface area contributed by atoms with Crippen LogP contribution in [0.5, 0.6) is 17.2 Å². The van der Waals surface area contributed by atoms with Crippen LogP contribution in [-0.4, -0.2) is 73.6 Å². The molecular formula is C28H35ClN2O6. The molecule has 1 amide bonds. The van der Waals surface area contributed by atoms with Crippen LogP contribution in [0.3, 0.4) is 0 Å². The Hall–Kier alpha value is -3.23. The van der Waals surface area contributed by atoms with Crippen molar-refractivity contribution in [2.45, 2.75) is 33.2 Å². The largest absolute Gasteiger partial charge is 0.507 e. The summed E-state index contributed by atoms with van der Waals surface area (Å²) in [5.41, 5.74) is 0.943. The van der Waals surface area contributed by atoms with Crippen LogP contribution in [0, 0.1) is 0 Å². The number of rotatable bonds is 12. The Labute approximate surface area is 223 Å². The van der Waals surface area contributed by atoms with Crippen LogP contribution in [0.25, 0.3) is 5.76 Å². The van der Waals surface area contributed by atoms with Gasteiger partial charge in [-0.05, 0) is 68.9 Å². The summed E-state index contributed by atoms with van der Waals surface area (Å²) in [7, 11) is 3.05. The van der Waals surface area contributed by atoms with Gasteiger partial charge in [0.25, 0.3) is 11.7 Å². The average molecular weight is 531 g/mol. The zero-order chi connectivity index (χ0) is 27.1. The number of ketones is 1. The van der Waals surface area contributed by atoms with E-state index in [1.54, 1.807) is 30.3 Å². The molecule has 0 radical (unpaired) electrons. The Morgan fingerprint density at radius 1 is 1.00 bits per heavy atom. The topological polar surface area (TPSA) is 88.5 Å². The Bertz CT molecular complexity index is 1160. The molecule has 1 N–H and O–H groups in total. The number of hydrogen-bond donors (Lipinski definition) is 1. The molecule has 0 unspecified atom stereocenters. The molecule has 1 heterocycles. The zero-order valence-corrected chi connectivity index (χ0v) is 22.8. The normalized spacial score (nSPS) is 16.9. The lowest BCUT2D eigenvalue weighted by Crippen LogP contribution is -2.33. The van der Waals surface area contributed by atoms with Gasteiger partial charge in [0.15, 0.2) is 11.5 Å². The highest BCUT2D eigenvalue weighted by Crippen LogP contribution is 2.42. The van der Waals surface area contributed by atoms with E-state index in [1.807, 2.05) is 6.92 Å². The highest BCUT2D eigenvalue weighted by Gasteiger charge is 2.46. The molecule has 0 saturated carbocycles. The van der Waals surface area contributed by atoms with Crippen molar-refractivity contribution in [2.75, 3.05) is 47.0 Å². The number of ether oxygens (including phenoxy) is 3. The van der Waals surface area contributed by atoms with Gasteiger partial charge in [-0.2, -0.15) is 0 Å². The molecular weight excluding hydrogens is 496 g/mol. The summed E-state index contributed by atoms with van der Waals surface area (Å²) in [5, 5.41) is 11.6. The lowest BCUT2D eigenvalue weighted by atomic mass is 9.95. The number of methoxy groups -OCH3 is 2. The first-order valence-corrected chi connectivity index (χ1v) is 12.8. The van der Waals surface area contributed by atoms with Crippen molar-refractivity contribution in [3.63, 3.8) is 0 Å². The smallest absolute Gasteiger partial charge is 0.295 e. The minimum absolute atomic E-state index is 0.000264. The predicted molar refractivity (Wildman–Crippen MR) is 144 cm³/mol. The first-order chi connectivity index (χ1) is 17.8. The molecule has 8 nitrogen and oxygen atoms in total. The fourth-order valence-corrected chi connectivity index (χ4v) is 4.80. The second kappa shape index (κ2) is 12.8. The van der Waals surface area contributed by atoms with E-state index in [2.05, 4.69) is 18.7 Å². The van der Waals surface area contributed by atoms with E-state index < -0.39 is 17.7 Å². The number of aliphatic hydroxyl groups is 1. The molecule has 1 aliphatic rings. The third-order valence-electron chi connectivity index (χ3n) is 6.54. The highest BCUT2D eigenvalue weighted by atomic mass is 35.5. The monoisotopic (exact) mass is 530 g/mol. The van der Waals surface area contributed by atoms with Crippen molar-refractivity contribution >= 4 is 29.1 Å². The first-order valence-electron chi connectivity index (χ1n) is 12.5. The summed E-state index contributed by atoms with van der Waals surface area (Å²) in [4.78, 5) is 30.3. The summed E-state index contributed by atoms with van der Waals surface area (Å²) in [6, 6.07) is 9.19. The Kier molecular flexibility index (Phi) is 9.83. The molecule has 2 aromatic carbocycles. The van der Waals surface area contributed by atoms with Crippen LogP contribution < -0.4 is 14.2 Å². The van der Waals surface area contributed by atoms with Crippen LogP contribution in [0.2, 0.25) is 5.02 Å². The molecule has 2 aromatic rings. The third-order valence-corrected chi connectivity index (χ3v) is 6.83. The molecule has 1 saturated heterocycles. The second-order valence-electron chi connectivity index (χ2n) is 8.57. The standard InChI is InChI=1S/C28H35ClN2O6/c1-6-30(7-2)14-9-15-31-25(18-10-13-22(35-4)23(17-18)36-5)24(27(33)28(31)34)26(32)19-11-12-21(37-8-3)20(29)16-19/h10-13,16-17,25,32H,6-9,14-15H2,1-5H3/b26-24+/t25-/m1/s1. The number of hydrogen-bond acceptors (Lipinski definition) is 7. The minimum atomic E-state index is -0.804. The van der Waals surface area contributed by atoms with Crippen molar-refractivity contribution in [1.82, 2.24) is 9.80 Å². The molecule has 0 aromatic heterocycles. The highest BCUT2D eigenvalue weighted by molar-refractivity contribution is 6.46. The third kappa shape index (κ3) is 6.02. The summed E-state index contributed by atoms with van der Waals surface area (Å²) < 4.78 is 16.3. The Balaban J connectivity index is 2.10. The molecule has 0 aliphatic carbocycles. The molecule has 1 atom stereocenters. The lowest BCUT2D eigenvalue weighted by Gasteiger charge is -2.27. The van der Waals surface area contributed by atoms with Crippen molar-refractivity contribution < 1.29 is 28.9 Å². The number of likely N-dealkylation sites (tertiary alicyclic amines) is 1. The van der Waals surface area contributed by atoms with E-state index >= 15 is 0 Å². The van der Waals surface area contributed by atoms with Gasteiger partial charge in [-0.15, -0.1) is 0 Å².